The average molecular weight is 168 g/mol. The molecule has 0 aromatic carbocycles. The van der Waals surface area contributed by atoms with Crippen LogP contribution in [-0.2, 0) is 4.79 Å². The number of carboxylic acid groups (broad SMARTS) is 1. The number of aliphatic carboxylic acids is 1. The minimum atomic E-state index is -1.04. The Morgan fingerprint density at radius 2 is 2.33 bits per heavy atom. The van der Waals surface area contributed by atoms with E-state index in [0.717, 1.165) is 12.3 Å². The van der Waals surface area contributed by atoms with Crippen LogP contribution in [0.5, 0.6) is 5.75 Å². The van der Waals surface area contributed by atoms with Crippen LogP contribution >= 0.6 is 0 Å². The van der Waals surface area contributed by atoms with Crippen molar-refractivity contribution in [1.82, 2.24) is 0 Å². The number of hydrogen-bond acceptors (Lipinski definition) is 3. The van der Waals surface area contributed by atoms with Crippen molar-refractivity contribution in [3.8, 4) is 5.75 Å². The summed E-state index contributed by atoms with van der Waals surface area (Å²) in [5.41, 5.74) is 0.461. The van der Waals surface area contributed by atoms with Gasteiger partial charge in [-0.15, -0.1) is 0 Å². The van der Waals surface area contributed by atoms with E-state index < -0.39 is 5.97 Å². The lowest BCUT2D eigenvalue weighted by Crippen LogP contribution is -1.88. The third kappa shape index (κ3) is 1.88. The predicted molar refractivity (Wildman–Crippen MR) is 41.7 cm³/mol. The van der Waals surface area contributed by atoms with Gasteiger partial charge in [-0.25, -0.2) is 4.79 Å². The van der Waals surface area contributed by atoms with E-state index in [1.165, 1.54) is 6.07 Å². The fourth-order valence-electron chi connectivity index (χ4n) is 0.789. The molecule has 1 aromatic rings. The largest absolute Gasteiger partial charge is 0.505 e. The molecule has 0 unspecified atom stereocenters. The second-order valence-corrected chi connectivity index (χ2v) is 2.33. The van der Waals surface area contributed by atoms with Crippen LogP contribution in [0, 0.1) is 0 Å². The van der Waals surface area contributed by atoms with Gasteiger partial charge in [0.25, 0.3) is 0 Å². The molecule has 0 saturated carbocycles. The fraction of sp³-hybridized carbons (Fsp3) is 0.125. The predicted octanol–water partition coefficient (Wildman–Crippen LogP) is 1.47. The second-order valence-electron chi connectivity index (χ2n) is 2.33. The molecular weight excluding hydrogens is 160 g/mol. The molecule has 0 amide bonds. The lowest BCUT2D eigenvalue weighted by atomic mass is 10.2. The Morgan fingerprint density at radius 1 is 1.67 bits per heavy atom. The molecule has 0 radical (unpaired) electrons. The van der Waals surface area contributed by atoms with Crippen molar-refractivity contribution in [3.05, 3.63) is 24.2 Å². The van der Waals surface area contributed by atoms with E-state index in [0.29, 0.717) is 11.3 Å². The number of carbonyl (C=O) groups is 1. The van der Waals surface area contributed by atoms with Crippen LogP contribution in [0.25, 0.3) is 5.57 Å². The van der Waals surface area contributed by atoms with E-state index in [1.807, 2.05) is 0 Å². The number of allylic oxidation sites excluding steroid dienone is 1. The molecule has 1 aromatic heterocycles. The molecular formula is C8H8O4. The molecule has 0 aliphatic carbocycles. The number of aromatic hydroxyl groups is 1. The highest BCUT2D eigenvalue weighted by Crippen LogP contribution is 2.20. The smallest absolute Gasteiger partial charge is 0.328 e. The van der Waals surface area contributed by atoms with Crippen molar-refractivity contribution in [2.75, 3.05) is 0 Å². The summed E-state index contributed by atoms with van der Waals surface area (Å²) in [7, 11) is 0. The van der Waals surface area contributed by atoms with Crippen molar-refractivity contribution in [3.63, 3.8) is 0 Å². The molecule has 0 saturated heterocycles. The van der Waals surface area contributed by atoms with Gasteiger partial charge < -0.3 is 14.6 Å². The summed E-state index contributed by atoms with van der Waals surface area (Å²) in [5.74, 6) is -0.693. The Balaban J connectivity index is 2.91. The summed E-state index contributed by atoms with van der Waals surface area (Å²) in [6.45, 7) is 1.59. The third-order valence-electron chi connectivity index (χ3n) is 1.31. The minimum Gasteiger partial charge on any atom is -0.505 e. The SMILES string of the molecule is C/C(=C\C(=O)O)c1cc(O)co1. The molecule has 0 fully saturated rings. The van der Waals surface area contributed by atoms with Crippen molar-refractivity contribution >= 4 is 11.5 Å². The number of hydrogen-bond donors (Lipinski definition) is 2. The first-order valence-corrected chi connectivity index (χ1v) is 3.28. The molecule has 12 heavy (non-hydrogen) atoms. The first-order chi connectivity index (χ1) is 5.59. The second kappa shape index (κ2) is 3.13. The van der Waals surface area contributed by atoms with E-state index in [2.05, 4.69) is 0 Å². The van der Waals surface area contributed by atoms with Gasteiger partial charge in [0, 0.05) is 12.1 Å². The topological polar surface area (TPSA) is 70.7 Å². The molecule has 4 heteroatoms. The summed E-state index contributed by atoms with van der Waals surface area (Å²) >= 11 is 0. The van der Waals surface area contributed by atoms with E-state index in [4.69, 9.17) is 14.6 Å². The standard InChI is InChI=1S/C8H8O4/c1-5(2-8(10)11)7-3-6(9)4-12-7/h2-4,9H,1H3,(H,10,11)/b5-2+. The normalized spacial score (nSPS) is 11.6. The molecule has 2 N–H and O–H groups in total. The number of rotatable bonds is 2. The molecule has 1 rings (SSSR count). The van der Waals surface area contributed by atoms with Crippen LogP contribution in [0.4, 0.5) is 0 Å². The molecule has 0 aliphatic rings. The highest BCUT2D eigenvalue weighted by atomic mass is 16.4. The summed E-state index contributed by atoms with van der Waals surface area (Å²) in [6, 6.07) is 1.36. The van der Waals surface area contributed by atoms with Gasteiger partial charge >= 0.3 is 5.97 Å². The van der Waals surface area contributed by atoms with E-state index in [-0.39, 0.29) is 5.75 Å². The fourth-order valence-corrected chi connectivity index (χ4v) is 0.789. The van der Waals surface area contributed by atoms with Gasteiger partial charge in [0.2, 0.25) is 0 Å². The summed E-state index contributed by atoms with van der Waals surface area (Å²) in [6.07, 6.45) is 2.16. The number of furan rings is 1. The van der Waals surface area contributed by atoms with Crippen LogP contribution in [0.3, 0.4) is 0 Å². The van der Waals surface area contributed by atoms with Crippen LogP contribution in [-0.4, -0.2) is 16.2 Å². The Kier molecular flexibility index (Phi) is 2.19. The van der Waals surface area contributed by atoms with Crippen molar-refractivity contribution < 1.29 is 19.4 Å². The Bertz CT molecular complexity index is 322. The van der Waals surface area contributed by atoms with Crippen molar-refractivity contribution in [2.24, 2.45) is 0 Å². The average Bonchev–Trinajstić information content (AvgIpc) is 2.34. The van der Waals surface area contributed by atoms with Crippen LogP contribution in [0.15, 0.2) is 22.8 Å². The minimum absolute atomic E-state index is 0.0110. The summed E-state index contributed by atoms with van der Waals surface area (Å²) in [5, 5.41) is 17.2. The zero-order valence-corrected chi connectivity index (χ0v) is 6.44. The van der Waals surface area contributed by atoms with E-state index >= 15 is 0 Å². The van der Waals surface area contributed by atoms with Gasteiger partial charge in [-0.3, -0.25) is 0 Å². The van der Waals surface area contributed by atoms with Crippen molar-refractivity contribution in [2.45, 2.75) is 6.92 Å². The maximum Gasteiger partial charge on any atom is 0.328 e. The van der Waals surface area contributed by atoms with Crippen molar-refractivity contribution in [1.29, 1.82) is 0 Å². The summed E-state index contributed by atoms with van der Waals surface area (Å²) < 4.78 is 4.85. The molecule has 0 bridgehead atoms. The van der Waals surface area contributed by atoms with Crippen LogP contribution in [0.1, 0.15) is 12.7 Å². The van der Waals surface area contributed by atoms with Gasteiger partial charge in [-0.05, 0) is 12.5 Å². The summed E-state index contributed by atoms with van der Waals surface area (Å²) in [4.78, 5) is 10.2. The Labute approximate surface area is 68.7 Å². The van der Waals surface area contributed by atoms with Crippen LogP contribution < -0.4 is 0 Å². The van der Waals surface area contributed by atoms with Gasteiger partial charge in [0.05, 0.1) is 0 Å². The first-order valence-electron chi connectivity index (χ1n) is 3.28. The monoisotopic (exact) mass is 168 g/mol. The van der Waals surface area contributed by atoms with Gasteiger partial charge in [-0.1, -0.05) is 0 Å². The van der Waals surface area contributed by atoms with Gasteiger partial charge in [-0.2, -0.15) is 0 Å². The van der Waals surface area contributed by atoms with Gasteiger partial charge in [0.1, 0.15) is 12.0 Å². The molecule has 0 atom stereocenters. The van der Waals surface area contributed by atoms with Crippen LogP contribution in [0.2, 0.25) is 0 Å². The maximum absolute atomic E-state index is 10.2. The molecule has 0 aliphatic heterocycles. The maximum atomic E-state index is 10.2. The molecule has 0 spiro atoms. The van der Waals surface area contributed by atoms with Gasteiger partial charge in [0.15, 0.2) is 5.75 Å². The highest BCUT2D eigenvalue weighted by Gasteiger charge is 2.03. The molecule has 4 nitrogen and oxygen atoms in total. The third-order valence-corrected chi connectivity index (χ3v) is 1.31. The number of carboxylic acids is 1. The molecule has 64 valence electrons. The van der Waals surface area contributed by atoms with E-state index in [1.54, 1.807) is 6.92 Å². The first kappa shape index (κ1) is 8.39. The Hall–Kier alpha value is -1.71. The lowest BCUT2D eigenvalue weighted by Gasteiger charge is -1.91. The Morgan fingerprint density at radius 3 is 2.75 bits per heavy atom. The zero-order valence-electron chi connectivity index (χ0n) is 6.44. The van der Waals surface area contributed by atoms with E-state index in [9.17, 15) is 4.79 Å². The quantitative estimate of drug-likeness (QED) is 0.656. The molecule has 1 heterocycles. The highest BCUT2D eigenvalue weighted by molar-refractivity contribution is 5.88. The lowest BCUT2D eigenvalue weighted by molar-refractivity contribution is -0.131. The zero-order chi connectivity index (χ0) is 9.14.